The molecule has 154 valence electrons. The molecule has 0 bridgehead atoms. The molecule has 0 saturated carbocycles. The van der Waals surface area contributed by atoms with Gasteiger partial charge < -0.3 is 19.4 Å². The van der Waals surface area contributed by atoms with Crippen molar-refractivity contribution in [3.05, 3.63) is 53.7 Å². The van der Waals surface area contributed by atoms with E-state index in [1.807, 2.05) is 54.3 Å². The van der Waals surface area contributed by atoms with E-state index >= 15 is 0 Å². The molecule has 1 amide bonds. The lowest BCUT2D eigenvalue weighted by Gasteiger charge is -2.23. The number of nitrogens with zero attached hydrogens (tertiary/aromatic N) is 4. The van der Waals surface area contributed by atoms with Gasteiger partial charge in [0.15, 0.2) is 0 Å². The Hall–Kier alpha value is -2.60. The summed E-state index contributed by atoms with van der Waals surface area (Å²) in [4.78, 5) is 24.2. The van der Waals surface area contributed by atoms with Crippen LogP contribution < -0.4 is 9.64 Å². The lowest BCUT2D eigenvalue weighted by molar-refractivity contribution is 0.0766. The van der Waals surface area contributed by atoms with Crippen LogP contribution in [0.5, 0.6) is 5.75 Å². The molecule has 1 atom stereocenters. The number of hydrogen-bond donors (Lipinski definition) is 0. The Bertz CT molecular complexity index is 856. The van der Waals surface area contributed by atoms with Crippen LogP contribution in [-0.4, -0.2) is 73.1 Å². The second-order valence-electron chi connectivity index (χ2n) is 8.07. The molecule has 1 aromatic carbocycles. The van der Waals surface area contributed by atoms with Crippen LogP contribution in [0.25, 0.3) is 0 Å². The molecule has 2 aliphatic rings. The maximum Gasteiger partial charge on any atom is 0.272 e. The van der Waals surface area contributed by atoms with Crippen LogP contribution in [0.15, 0.2) is 42.5 Å². The van der Waals surface area contributed by atoms with E-state index in [1.165, 1.54) is 0 Å². The zero-order valence-electron chi connectivity index (χ0n) is 17.4. The van der Waals surface area contributed by atoms with Gasteiger partial charge in [-0.3, -0.25) is 4.79 Å². The van der Waals surface area contributed by atoms with E-state index in [0.717, 1.165) is 56.2 Å². The fourth-order valence-corrected chi connectivity index (χ4v) is 4.03. The largest absolute Gasteiger partial charge is 0.488 e. The second kappa shape index (κ2) is 8.82. The third-order valence-electron chi connectivity index (χ3n) is 5.82. The van der Waals surface area contributed by atoms with E-state index in [4.69, 9.17) is 9.72 Å². The fraction of sp³-hybridized carbons (Fsp3) is 0.478. The molecule has 0 radical (unpaired) electrons. The first-order valence-electron chi connectivity index (χ1n) is 10.5. The van der Waals surface area contributed by atoms with Crippen molar-refractivity contribution in [2.45, 2.75) is 25.9 Å². The number of likely N-dealkylation sites (tertiary alicyclic amines) is 1. The van der Waals surface area contributed by atoms with Crippen molar-refractivity contribution in [3.63, 3.8) is 0 Å². The van der Waals surface area contributed by atoms with Gasteiger partial charge in [-0.1, -0.05) is 24.3 Å². The molecule has 0 unspecified atom stereocenters. The lowest BCUT2D eigenvalue weighted by atomic mass is 10.2. The maximum absolute atomic E-state index is 13.0. The van der Waals surface area contributed by atoms with Gasteiger partial charge in [0.2, 0.25) is 0 Å². The van der Waals surface area contributed by atoms with Gasteiger partial charge in [-0.05, 0) is 50.7 Å². The van der Waals surface area contributed by atoms with Crippen LogP contribution in [0.3, 0.4) is 0 Å². The number of aryl methyl sites for hydroxylation is 1. The molecule has 6 heteroatoms. The van der Waals surface area contributed by atoms with Crippen molar-refractivity contribution in [1.82, 2.24) is 14.8 Å². The van der Waals surface area contributed by atoms with Gasteiger partial charge in [0.25, 0.3) is 5.91 Å². The quantitative estimate of drug-likeness (QED) is 0.798. The molecule has 1 aromatic heterocycles. The summed E-state index contributed by atoms with van der Waals surface area (Å²) >= 11 is 0. The fourth-order valence-electron chi connectivity index (χ4n) is 4.03. The van der Waals surface area contributed by atoms with Crippen molar-refractivity contribution >= 4 is 11.7 Å². The molecule has 0 N–H and O–H groups in total. The number of hydrogen-bond acceptors (Lipinski definition) is 5. The summed E-state index contributed by atoms with van der Waals surface area (Å²) in [6, 6.07) is 13.8. The van der Waals surface area contributed by atoms with E-state index in [-0.39, 0.29) is 12.0 Å². The summed E-state index contributed by atoms with van der Waals surface area (Å²) in [7, 11) is 2.15. The number of anilines is 1. The SMILES string of the molecule is Cc1ccccc1O[C@@H]1CCN(C(=O)c2cccc(N3CCCN(C)CC3)n2)C1. The summed E-state index contributed by atoms with van der Waals surface area (Å²) in [6.45, 7) is 7.39. The number of aromatic nitrogens is 1. The third-order valence-corrected chi connectivity index (χ3v) is 5.82. The number of benzene rings is 1. The average molecular weight is 395 g/mol. The number of pyridine rings is 1. The normalized spacial score (nSPS) is 20.6. The van der Waals surface area contributed by atoms with Gasteiger partial charge in [-0.2, -0.15) is 0 Å². The molecule has 29 heavy (non-hydrogen) atoms. The lowest BCUT2D eigenvalue weighted by Crippen LogP contribution is -2.33. The zero-order valence-corrected chi connectivity index (χ0v) is 17.4. The summed E-state index contributed by atoms with van der Waals surface area (Å²) in [6.07, 6.45) is 1.99. The summed E-state index contributed by atoms with van der Waals surface area (Å²) < 4.78 is 6.14. The molecule has 2 fully saturated rings. The van der Waals surface area contributed by atoms with Crippen molar-refractivity contribution in [2.24, 2.45) is 0 Å². The minimum atomic E-state index is -0.00493. The number of rotatable bonds is 4. The Morgan fingerprint density at radius 2 is 1.90 bits per heavy atom. The highest BCUT2D eigenvalue weighted by atomic mass is 16.5. The van der Waals surface area contributed by atoms with Gasteiger partial charge in [-0.25, -0.2) is 4.98 Å². The summed E-state index contributed by atoms with van der Waals surface area (Å²) in [5, 5.41) is 0. The summed E-state index contributed by atoms with van der Waals surface area (Å²) in [5.74, 6) is 1.80. The Morgan fingerprint density at radius 3 is 2.76 bits per heavy atom. The van der Waals surface area contributed by atoms with Gasteiger partial charge in [0.05, 0.1) is 6.54 Å². The molecule has 2 saturated heterocycles. The first-order valence-corrected chi connectivity index (χ1v) is 10.5. The van der Waals surface area contributed by atoms with Crippen LogP contribution in [0, 0.1) is 6.92 Å². The van der Waals surface area contributed by atoms with Crippen molar-refractivity contribution in [1.29, 1.82) is 0 Å². The smallest absolute Gasteiger partial charge is 0.272 e. The minimum absolute atomic E-state index is 0.00493. The molecule has 2 aromatic rings. The highest BCUT2D eigenvalue weighted by Gasteiger charge is 2.29. The van der Waals surface area contributed by atoms with E-state index in [1.54, 1.807) is 0 Å². The molecular weight excluding hydrogens is 364 g/mol. The minimum Gasteiger partial charge on any atom is -0.488 e. The van der Waals surface area contributed by atoms with E-state index < -0.39 is 0 Å². The molecule has 2 aliphatic heterocycles. The molecule has 6 nitrogen and oxygen atoms in total. The number of amides is 1. The molecule has 0 aliphatic carbocycles. The number of carbonyl (C=O) groups excluding carboxylic acids is 1. The topological polar surface area (TPSA) is 48.9 Å². The number of ether oxygens (including phenoxy) is 1. The Morgan fingerprint density at radius 1 is 1.03 bits per heavy atom. The van der Waals surface area contributed by atoms with Crippen molar-refractivity contribution in [3.8, 4) is 5.75 Å². The van der Waals surface area contributed by atoms with Crippen LogP contribution in [0.2, 0.25) is 0 Å². The van der Waals surface area contributed by atoms with Crippen LogP contribution in [0.4, 0.5) is 5.82 Å². The Kier molecular flexibility index (Phi) is 6.00. The van der Waals surface area contributed by atoms with Gasteiger partial charge >= 0.3 is 0 Å². The highest BCUT2D eigenvalue weighted by molar-refractivity contribution is 5.93. The highest BCUT2D eigenvalue weighted by Crippen LogP contribution is 2.23. The molecular formula is C23H30N4O2. The van der Waals surface area contributed by atoms with E-state index in [2.05, 4.69) is 16.8 Å². The first-order chi connectivity index (χ1) is 14.1. The summed E-state index contributed by atoms with van der Waals surface area (Å²) in [5.41, 5.74) is 1.64. The standard InChI is InChI=1S/C23H30N4O2/c1-18-7-3-4-9-21(18)29-19-11-14-27(17-19)23(28)20-8-5-10-22(24-20)26-13-6-12-25(2)15-16-26/h3-5,7-10,19H,6,11-17H2,1-2H3/t19-/m1/s1. The van der Waals surface area contributed by atoms with Gasteiger partial charge in [0, 0.05) is 32.6 Å². The monoisotopic (exact) mass is 394 g/mol. The van der Waals surface area contributed by atoms with Crippen LogP contribution in [0.1, 0.15) is 28.9 Å². The van der Waals surface area contributed by atoms with E-state index in [0.29, 0.717) is 18.8 Å². The van der Waals surface area contributed by atoms with Crippen molar-refractivity contribution in [2.75, 3.05) is 51.2 Å². The molecule has 0 spiro atoms. The van der Waals surface area contributed by atoms with E-state index in [9.17, 15) is 4.79 Å². The van der Waals surface area contributed by atoms with Crippen molar-refractivity contribution < 1.29 is 9.53 Å². The van der Waals surface area contributed by atoms with Crippen LogP contribution >= 0.6 is 0 Å². The number of carbonyl (C=O) groups is 1. The zero-order chi connectivity index (χ0) is 20.2. The number of likely N-dealkylation sites (N-methyl/N-ethyl adjacent to an activating group) is 1. The van der Waals surface area contributed by atoms with Gasteiger partial charge in [-0.15, -0.1) is 0 Å². The Labute approximate surface area is 173 Å². The van der Waals surface area contributed by atoms with Gasteiger partial charge in [0.1, 0.15) is 23.4 Å². The van der Waals surface area contributed by atoms with Crippen LogP contribution in [-0.2, 0) is 0 Å². The number of para-hydroxylation sites is 1. The molecule has 4 rings (SSSR count). The maximum atomic E-state index is 13.0. The first kappa shape index (κ1) is 19.7. The Balaban J connectivity index is 1.40. The second-order valence-corrected chi connectivity index (χ2v) is 8.07. The third kappa shape index (κ3) is 4.70. The predicted molar refractivity (Wildman–Crippen MR) is 115 cm³/mol. The molecule has 3 heterocycles. The average Bonchev–Trinajstić information content (AvgIpc) is 3.09. The predicted octanol–water partition coefficient (Wildman–Crippen LogP) is 2.83.